The molecular weight excluding hydrogens is 361 g/mol. The number of carbonyl (C=O) groups excluding carboxylic acids is 2. The van der Waals surface area contributed by atoms with Gasteiger partial charge in [0, 0.05) is 0 Å². The van der Waals surface area contributed by atoms with Crippen LogP contribution in [-0.2, 0) is 11.0 Å². The lowest BCUT2D eigenvalue weighted by Crippen LogP contribution is -2.38. The quantitative estimate of drug-likeness (QED) is 0.808. The topological polar surface area (TPSA) is 67.4 Å². The molecule has 144 valence electrons. The second-order valence-electron chi connectivity index (χ2n) is 5.79. The van der Waals surface area contributed by atoms with Gasteiger partial charge in [-0.2, -0.15) is 13.2 Å². The molecule has 2 rings (SSSR count). The third-order valence-corrected chi connectivity index (χ3v) is 3.88. The van der Waals surface area contributed by atoms with Crippen molar-refractivity contribution in [1.29, 1.82) is 0 Å². The van der Waals surface area contributed by atoms with E-state index in [-0.39, 0.29) is 6.54 Å². The fourth-order valence-corrected chi connectivity index (χ4v) is 2.42. The molecule has 27 heavy (non-hydrogen) atoms. The molecule has 2 N–H and O–H groups in total. The summed E-state index contributed by atoms with van der Waals surface area (Å²) in [6.45, 7) is 1.37. The minimum Gasteiger partial charge on any atom is -0.496 e. The van der Waals surface area contributed by atoms with Crippen LogP contribution in [0.4, 0.5) is 13.2 Å². The van der Waals surface area contributed by atoms with Gasteiger partial charge in [-0.05, 0) is 36.8 Å². The molecule has 5 nitrogen and oxygen atoms in total. The van der Waals surface area contributed by atoms with Gasteiger partial charge in [-0.1, -0.05) is 24.3 Å². The van der Waals surface area contributed by atoms with Crippen LogP contribution >= 0.6 is 0 Å². The molecule has 0 fully saturated rings. The Labute approximate surface area is 154 Å². The average molecular weight is 380 g/mol. The number of carbonyl (C=O) groups is 2. The van der Waals surface area contributed by atoms with Gasteiger partial charge >= 0.3 is 6.18 Å². The number of benzene rings is 2. The molecule has 0 aromatic heterocycles. The summed E-state index contributed by atoms with van der Waals surface area (Å²) in [5.41, 5.74) is 0.0600. The van der Waals surface area contributed by atoms with E-state index in [1.807, 2.05) is 0 Å². The second kappa shape index (κ2) is 8.57. The molecule has 0 spiro atoms. The molecule has 8 heteroatoms. The van der Waals surface area contributed by atoms with E-state index in [0.29, 0.717) is 16.9 Å². The number of hydrogen-bond donors (Lipinski definition) is 2. The molecule has 0 unspecified atom stereocenters. The number of methoxy groups -OCH3 is 1. The standard InChI is InChI=1S/C19H19F3N2O3/c1-12(13-7-9-14(10-8-13)19(20,21)22)24-17(25)11-23-18(26)15-5-3-4-6-16(15)27-2/h3-10,12H,11H2,1-2H3,(H,23,26)(H,24,25)/t12-/m1/s1. The first-order chi connectivity index (χ1) is 12.7. The van der Waals surface area contributed by atoms with Gasteiger partial charge in [0.2, 0.25) is 5.91 Å². The summed E-state index contributed by atoms with van der Waals surface area (Å²) in [7, 11) is 1.44. The van der Waals surface area contributed by atoms with Gasteiger partial charge in [-0.25, -0.2) is 0 Å². The number of ether oxygens (including phenoxy) is 1. The Kier molecular flexibility index (Phi) is 6.44. The van der Waals surface area contributed by atoms with Gasteiger partial charge in [0.15, 0.2) is 0 Å². The van der Waals surface area contributed by atoms with Crippen LogP contribution in [0.5, 0.6) is 5.75 Å². The summed E-state index contributed by atoms with van der Waals surface area (Å²) >= 11 is 0. The van der Waals surface area contributed by atoms with E-state index >= 15 is 0 Å². The van der Waals surface area contributed by atoms with Crippen molar-refractivity contribution in [3.05, 3.63) is 65.2 Å². The minimum atomic E-state index is -4.41. The predicted molar refractivity (Wildman–Crippen MR) is 93.3 cm³/mol. The summed E-state index contributed by atoms with van der Waals surface area (Å²) in [6.07, 6.45) is -4.41. The molecule has 0 radical (unpaired) electrons. The first-order valence-electron chi connectivity index (χ1n) is 8.10. The summed E-state index contributed by atoms with van der Waals surface area (Å²) in [4.78, 5) is 24.1. The maximum atomic E-state index is 12.6. The maximum absolute atomic E-state index is 12.6. The van der Waals surface area contributed by atoms with E-state index in [4.69, 9.17) is 4.74 Å². The molecule has 0 saturated heterocycles. The molecule has 0 aliphatic rings. The van der Waals surface area contributed by atoms with Crippen molar-refractivity contribution in [3.8, 4) is 5.75 Å². The highest BCUT2D eigenvalue weighted by Crippen LogP contribution is 2.29. The molecule has 2 aromatic rings. The normalized spacial score (nSPS) is 12.2. The van der Waals surface area contributed by atoms with Crippen LogP contribution in [0.3, 0.4) is 0 Å². The van der Waals surface area contributed by atoms with E-state index in [9.17, 15) is 22.8 Å². The highest BCUT2D eigenvalue weighted by Gasteiger charge is 2.30. The molecule has 0 bridgehead atoms. The fourth-order valence-electron chi connectivity index (χ4n) is 2.42. The van der Waals surface area contributed by atoms with E-state index in [2.05, 4.69) is 10.6 Å². The summed E-state index contributed by atoms with van der Waals surface area (Å²) < 4.78 is 42.8. The average Bonchev–Trinajstić information content (AvgIpc) is 2.65. The third kappa shape index (κ3) is 5.47. The largest absolute Gasteiger partial charge is 0.496 e. The van der Waals surface area contributed by atoms with Crippen LogP contribution in [0.2, 0.25) is 0 Å². The summed E-state index contributed by atoms with van der Waals surface area (Å²) in [5, 5.41) is 5.10. The number of para-hydroxylation sites is 1. The maximum Gasteiger partial charge on any atom is 0.416 e. The number of nitrogens with one attached hydrogen (secondary N) is 2. The zero-order valence-corrected chi connectivity index (χ0v) is 14.8. The van der Waals surface area contributed by atoms with Crippen molar-refractivity contribution in [2.45, 2.75) is 19.1 Å². The van der Waals surface area contributed by atoms with Crippen LogP contribution in [0.25, 0.3) is 0 Å². The van der Waals surface area contributed by atoms with Gasteiger partial charge in [0.1, 0.15) is 5.75 Å². The third-order valence-electron chi connectivity index (χ3n) is 3.88. The van der Waals surface area contributed by atoms with Crippen molar-refractivity contribution in [3.63, 3.8) is 0 Å². The molecule has 2 aromatic carbocycles. The highest BCUT2D eigenvalue weighted by molar-refractivity contribution is 5.98. The van der Waals surface area contributed by atoms with Crippen molar-refractivity contribution >= 4 is 11.8 Å². The first kappa shape index (κ1) is 20.3. The SMILES string of the molecule is COc1ccccc1C(=O)NCC(=O)N[C@H](C)c1ccc(C(F)(F)F)cc1. The van der Waals surface area contributed by atoms with Gasteiger partial charge in [0.25, 0.3) is 5.91 Å². The minimum absolute atomic E-state index is 0.276. The van der Waals surface area contributed by atoms with Gasteiger partial charge in [0.05, 0.1) is 30.8 Å². The number of rotatable bonds is 6. The number of halogens is 3. The smallest absolute Gasteiger partial charge is 0.416 e. The molecule has 0 aliphatic heterocycles. The molecule has 0 saturated carbocycles. The van der Waals surface area contributed by atoms with Crippen LogP contribution < -0.4 is 15.4 Å². The Morgan fingerprint density at radius 2 is 1.70 bits per heavy atom. The Hall–Kier alpha value is -3.03. The van der Waals surface area contributed by atoms with E-state index in [1.54, 1.807) is 31.2 Å². The Balaban J connectivity index is 1.90. The monoisotopic (exact) mass is 380 g/mol. The van der Waals surface area contributed by atoms with E-state index in [1.165, 1.54) is 19.2 Å². The van der Waals surface area contributed by atoms with E-state index < -0.39 is 29.6 Å². The molecule has 1 atom stereocenters. The zero-order chi connectivity index (χ0) is 20.0. The Bertz CT molecular complexity index is 805. The summed E-state index contributed by atoms with van der Waals surface area (Å²) in [6, 6.07) is 10.6. The van der Waals surface area contributed by atoms with Crippen molar-refractivity contribution in [2.75, 3.05) is 13.7 Å². The second-order valence-corrected chi connectivity index (χ2v) is 5.79. The van der Waals surface area contributed by atoms with Crippen LogP contribution in [0.1, 0.15) is 34.5 Å². The Morgan fingerprint density at radius 1 is 1.07 bits per heavy atom. The lowest BCUT2D eigenvalue weighted by Gasteiger charge is -2.16. The first-order valence-corrected chi connectivity index (χ1v) is 8.10. The molecular formula is C19H19F3N2O3. The lowest BCUT2D eigenvalue weighted by molar-refractivity contribution is -0.137. The van der Waals surface area contributed by atoms with Gasteiger partial charge in [-0.15, -0.1) is 0 Å². The Morgan fingerprint density at radius 3 is 2.30 bits per heavy atom. The summed E-state index contributed by atoms with van der Waals surface area (Å²) in [5.74, 6) is -0.552. The van der Waals surface area contributed by atoms with Crippen LogP contribution in [-0.4, -0.2) is 25.5 Å². The fraction of sp³-hybridized carbons (Fsp3) is 0.263. The number of alkyl halides is 3. The highest BCUT2D eigenvalue weighted by atomic mass is 19.4. The number of hydrogen-bond acceptors (Lipinski definition) is 3. The van der Waals surface area contributed by atoms with Crippen molar-refractivity contribution in [2.24, 2.45) is 0 Å². The van der Waals surface area contributed by atoms with E-state index in [0.717, 1.165) is 12.1 Å². The van der Waals surface area contributed by atoms with Gasteiger partial charge < -0.3 is 15.4 Å². The van der Waals surface area contributed by atoms with Gasteiger partial charge in [-0.3, -0.25) is 9.59 Å². The predicted octanol–water partition coefficient (Wildman–Crippen LogP) is 3.32. The molecule has 0 aliphatic carbocycles. The molecule has 0 heterocycles. The molecule has 2 amide bonds. The van der Waals surface area contributed by atoms with Crippen LogP contribution in [0.15, 0.2) is 48.5 Å². The lowest BCUT2D eigenvalue weighted by atomic mass is 10.1. The number of amides is 2. The van der Waals surface area contributed by atoms with Crippen molar-refractivity contribution < 1.29 is 27.5 Å². The van der Waals surface area contributed by atoms with Crippen molar-refractivity contribution in [1.82, 2.24) is 10.6 Å². The van der Waals surface area contributed by atoms with Crippen LogP contribution in [0, 0.1) is 0 Å². The zero-order valence-electron chi connectivity index (χ0n) is 14.8.